The van der Waals surface area contributed by atoms with Crippen molar-refractivity contribution in [1.29, 1.82) is 0 Å². The maximum atomic E-state index is 2.54. The van der Waals surface area contributed by atoms with Crippen LogP contribution in [0, 0.1) is 0 Å². The summed E-state index contributed by atoms with van der Waals surface area (Å²) in [5.74, 6) is 0. The van der Waals surface area contributed by atoms with Crippen molar-refractivity contribution in [3.63, 3.8) is 0 Å². The Balaban J connectivity index is 1.38. The second-order valence-corrected chi connectivity index (χ2v) is 13.6. The molecule has 218 valence electrons. The predicted octanol–water partition coefficient (Wildman–Crippen LogP) is 9.11. The number of aromatic nitrogens is 2. The molecule has 3 nitrogen and oxygen atoms in total. The van der Waals surface area contributed by atoms with Crippen LogP contribution in [0.15, 0.2) is 146 Å². The fraction of sp³-hybridized carbons (Fsp3) is 0. The van der Waals surface area contributed by atoms with Gasteiger partial charge in [-0.3, -0.25) is 0 Å². The van der Waals surface area contributed by atoms with E-state index in [4.69, 9.17) is 0 Å². The Kier molecular flexibility index (Phi) is 3.99. The first-order chi connectivity index (χ1) is 23.9. The minimum Gasteiger partial charge on any atom is -0.311 e. The Labute approximate surface area is 275 Å². The van der Waals surface area contributed by atoms with Crippen LogP contribution in [0.25, 0.3) is 76.5 Å². The molecule has 0 atom stereocenters. The summed E-state index contributed by atoms with van der Waals surface area (Å²) < 4.78 is 5.05. The van der Waals surface area contributed by atoms with Gasteiger partial charge in [0.1, 0.15) is 0 Å². The van der Waals surface area contributed by atoms with E-state index in [-0.39, 0.29) is 6.71 Å². The van der Waals surface area contributed by atoms with Gasteiger partial charge >= 0.3 is 0 Å². The molecule has 5 heterocycles. The summed E-state index contributed by atoms with van der Waals surface area (Å²) >= 11 is 0. The zero-order valence-electron chi connectivity index (χ0n) is 25.8. The highest BCUT2D eigenvalue weighted by Crippen LogP contribution is 2.50. The van der Waals surface area contributed by atoms with E-state index in [0.29, 0.717) is 0 Å². The summed E-state index contributed by atoms with van der Waals surface area (Å²) in [5.41, 5.74) is 15.7. The van der Waals surface area contributed by atoms with Crippen molar-refractivity contribution >= 4 is 105 Å². The second kappa shape index (κ2) is 7.99. The molecule has 3 aliphatic rings. The van der Waals surface area contributed by atoms with Gasteiger partial charge in [0.2, 0.25) is 6.71 Å². The van der Waals surface area contributed by atoms with Crippen molar-refractivity contribution in [3.8, 4) is 11.4 Å². The lowest BCUT2D eigenvalue weighted by atomic mass is 9.31. The van der Waals surface area contributed by atoms with Gasteiger partial charge in [-0.1, -0.05) is 78.9 Å². The second-order valence-electron chi connectivity index (χ2n) is 13.6. The molecular weight excluding hydrogens is 581 g/mol. The third-order valence-electron chi connectivity index (χ3n) is 11.5. The Morgan fingerprint density at radius 2 is 0.771 bits per heavy atom. The van der Waals surface area contributed by atoms with Crippen LogP contribution in [-0.4, -0.2) is 15.8 Å². The van der Waals surface area contributed by atoms with Gasteiger partial charge in [0.25, 0.3) is 0 Å². The first kappa shape index (κ1) is 24.0. The summed E-state index contributed by atoms with van der Waals surface area (Å²) in [6.07, 6.45) is 0. The van der Waals surface area contributed by atoms with Crippen LogP contribution < -0.4 is 21.3 Å². The SMILES string of the molecule is c1ccc(N2c3ccc4ccc5c6c4c3B3c4c2ccc2ccc7c(c42)c2c3c6c(cc2n7-c2ccccc2)n5-c2ccccc2)cc1. The lowest BCUT2D eigenvalue weighted by Crippen LogP contribution is -2.60. The van der Waals surface area contributed by atoms with E-state index in [2.05, 4.69) is 160 Å². The Morgan fingerprint density at radius 3 is 1.25 bits per heavy atom. The molecule has 48 heavy (non-hydrogen) atoms. The average molecular weight is 606 g/mol. The van der Waals surface area contributed by atoms with Crippen LogP contribution in [0.4, 0.5) is 17.1 Å². The number of benzene rings is 8. The molecule has 0 unspecified atom stereocenters. The fourth-order valence-corrected chi connectivity index (χ4v) is 9.93. The lowest BCUT2D eigenvalue weighted by molar-refractivity contribution is 1.17. The summed E-state index contributed by atoms with van der Waals surface area (Å²) in [4.78, 5) is 2.54. The van der Waals surface area contributed by atoms with Gasteiger partial charge in [-0.25, -0.2) is 0 Å². The van der Waals surface area contributed by atoms with Crippen LogP contribution in [0.3, 0.4) is 0 Å². The van der Waals surface area contributed by atoms with Gasteiger partial charge < -0.3 is 14.0 Å². The van der Waals surface area contributed by atoms with E-state index in [1.807, 2.05) is 0 Å². The summed E-state index contributed by atoms with van der Waals surface area (Å²) in [7, 11) is 0. The average Bonchev–Trinajstić information content (AvgIpc) is 3.67. The molecule has 0 fully saturated rings. The standard InChI is InChI=1S/C44H24BN3/c1-4-10-27(11-5-1)46-30-20-16-25-18-22-32-42-36(25)38(30)40-34(46)24-35-41-39-31(47(35)28-12-6-2-7-13-28)21-17-26-19-23-33(43(37(26)39)45(42)44(40)41)48(32)29-14-8-3-9-15-29/h1-24H. The molecule has 0 saturated heterocycles. The van der Waals surface area contributed by atoms with Crippen molar-refractivity contribution < 1.29 is 0 Å². The number of anilines is 3. The minimum absolute atomic E-state index is 0.142. The van der Waals surface area contributed by atoms with Gasteiger partial charge in [-0.15, -0.1) is 0 Å². The predicted molar refractivity (Wildman–Crippen MR) is 203 cm³/mol. The lowest BCUT2D eigenvalue weighted by Gasteiger charge is -2.41. The summed E-state index contributed by atoms with van der Waals surface area (Å²) in [5, 5.41) is 11.0. The first-order valence-electron chi connectivity index (χ1n) is 16.8. The van der Waals surface area contributed by atoms with Gasteiger partial charge in [-0.2, -0.15) is 0 Å². The van der Waals surface area contributed by atoms with Crippen molar-refractivity contribution in [2.24, 2.45) is 0 Å². The van der Waals surface area contributed by atoms with Crippen molar-refractivity contribution in [2.45, 2.75) is 0 Å². The highest BCUT2D eigenvalue weighted by Gasteiger charge is 2.46. The number of nitrogens with zero attached hydrogens (tertiary/aromatic N) is 3. The Bertz CT molecular complexity index is 2910. The van der Waals surface area contributed by atoms with Crippen molar-refractivity contribution in [2.75, 3.05) is 4.90 Å². The molecule has 13 rings (SSSR count). The van der Waals surface area contributed by atoms with Crippen LogP contribution in [0.1, 0.15) is 0 Å². The fourth-order valence-electron chi connectivity index (χ4n) is 9.93. The highest BCUT2D eigenvalue weighted by molar-refractivity contribution is 7.05. The van der Waals surface area contributed by atoms with Crippen LogP contribution >= 0.6 is 0 Å². The van der Waals surface area contributed by atoms with E-state index in [9.17, 15) is 0 Å². The molecule has 2 aromatic heterocycles. The molecule has 0 amide bonds. The zero-order valence-corrected chi connectivity index (χ0v) is 25.8. The smallest absolute Gasteiger partial charge is 0.250 e. The minimum atomic E-state index is 0.142. The van der Waals surface area contributed by atoms with E-state index in [1.54, 1.807) is 0 Å². The Morgan fingerprint density at radius 1 is 0.333 bits per heavy atom. The molecule has 8 aromatic carbocycles. The quantitative estimate of drug-likeness (QED) is 0.183. The molecule has 0 bridgehead atoms. The summed E-state index contributed by atoms with van der Waals surface area (Å²) in [6.45, 7) is 0.142. The molecule has 0 spiro atoms. The molecular formula is C44H24BN3. The van der Waals surface area contributed by atoms with Crippen LogP contribution in [0.2, 0.25) is 0 Å². The van der Waals surface area contributed by atoms with E-state index in [0.717, 1.165) is 0 Å². The first-order valence-corrected chi connectivity index (χ1v) is 16.8. The van der Waals surface area contributed by atoms with Gasteiger partial charge in [-0.05, 0) is 105 Å². The van der Waals surface area contributed by atoms with Crippen LogP contribution in [-0.2, 0) is 0 Å². The normalized spacial score (nSPS) is 13.8. The Hall–Kier alpha value is -6.26. The number of rotatable bonds is 3. The van der Waals surface area contributed by atoms with Gasteiger partial charge in [0, 0.05) is 50.0 Å². The van der Waals surface area contributed by atoms with Crippen LogP contribution in [0.5, 0.6) is 0 Å². The van der Waals surface area contributed by atoms with Crippen molar-refractivity contribution in [3.05, 3.63) is 146 Å². The highest BCUT2D eigenvalue weighted by atomic mass is 15.2. The molecule has 10 aromatic rings. The zero-order chi connectivity index (χ0) is 30.8. The monoisotopic (exact) mass is 605 g/mol. The van der Waals surface area contributed by atoms with E-state index in [1.165, 1.54) is 110 Å². The maximum absolute atomic E-state index is 2.54. The number of hydrogen-bond donors (Lipinski definition) is 0. The largest absolute Gasteiger partial charge is 0.311 e. The molecule has 3 aliphatic heterocycles. The maximum Gasteiger partial charge on any atom is 0.250 e. The molecule has 0 saturated carbocycles. The summed E-state index contributed by atoms with van der Waals surface area (Å²) in [6, 6.07) is 54.2. The van der Waals surface area contributed by atoms with Gasteiger partial charge in [0.15, 0.2) is 0 Å². The third kappa shape index (κ3) is 2.52. The topological polar surface area (TPSA) is 13.1 Å². The van der Waals surface area contributed by atoms with Gasteiger partial charge in [0.05, 0.1) is 22.1 Å². The van der Waals surface area contributed by atoms with E-state index >= 15 is 0 Å². The molecule has 0 radical (unpaired) electrons. The molecule has 0 aliphatic carbocycles. The third-order valence-corrected chi connectivity index (χ3v) is 11.5. The van der Waals surface area contributed by atoms with Crippen molar-refractivity contribution in [1.82, 2.24) is 9.13 Å². The number of hydrogen-bond acceptors (Lipinski definition) is 1. The molecule has 0 N–H and O–H groups in total. The number of para-hydroxylation sites is 3. The van der Waals surface area contributed by atoms with E-state index < -0.39 is 0 Å². The molecule has 4 heteroatoms.